The molecule has 0 saturated heterocycles. The third-order valence-electron chi connectivity index (χ3n) is 3.07. The van der Waals surface area contributed by atoms with E-state index in [-0.39, 0.29) is 0 Å². The molecule has 0 aromatic heterocycles. The molecule has 122 valence electrons. The summed E-state index contributed by atoms with van der Waals surface area (Å²) in [6, 6.07) is 0. The number of halogens is 8. The van der Waals surface area contributed by atoms with E-state index in [1.54, 1.807) is 11.8 Å². The zero-order valence-electron chi connectivity index (χ0n) is 11.2. The first-order valence-electron chi connectivity index (χ1n) is 5.84. The predicted molar refractivity (Wildman–Crippen MR) is 82.9 cm³/mol. The van der Waals surface area contributed by atoms with E-state index in [0.29, 0.717) is 0 Å². The molecule has 0 radical (unpaired) electrons. The van der Waals surface area contributed by atoms with E-state index < -0.39 is 66.1 Å². The minimum atomic E-state index is -1.80. The van der Waals surface area contributed by atoms with Crippen LogP contribution in [0, 0.1) is 59.6 Å². The van der Waals surface area contributed by atoms with Gasteiger partial charge in [0.2, 0.25) is 0 Å². The quantitative estimate of drug-likeness (QED) is 0.288. The van der Waals surface area contributed by atoms with Gasteiger partial charge in [-0.15, -0.1) is 12.8 Å². The Hall–Kier alpha value is -1.90. The van der Waals surface area contributed by atoms with Crippen molar-refractivity contribution >= 4 is 31.9 Å². The van der Waals surface area contributed by atoms with E-state index in [4.69, 9.17) is 12.8 Å². The Balaban J connectivity index is 3.06. The average molecular weight is 468 g/mol. The fourth-order valence-corrected chi connectivity index (χ4v) is 3.10. The number of hydrogen-bond acceptors (Lipinski definition) is 0. The normalized spacial score (nSPS) is 10.4. The van der Waals surface area contributed by atoms with Gasteiger partial charge in [0.25, 0.3) is 0 Å². The van der Waals surface area contributed by atoms with Crippen molar-refractivity contribution in [3.05, 3.63) is 55.0 Å². The molecule has 0 aliphatic heterocycles. The van der Waals surface area contributed by atoms with Crippen LogP contribution in [0.15, 0.2) is 8.95 Å². The molecule has 0 heterocycles. The van der Waals surface area contributed by atoms with Crippen LogP contribution in [0.1, 0.15) is 11.1 Å². The van der Waals surface area contributed by atoms with Gasteiger partial charge >= 0.3 is 0 Å². The summed E-state index contributed by atoms with van der Waals surface area (Å²) in [5.74, 6) is -6.86. The number of terminal acetylenes is 2. The fraction of sp³-hybridized carbons (Fsp3) is 0. The zero-order valence-corrected chi connectivity index (χ0v) is 14.4. The molecule has 0 atom stereocenters. The van der Waals surface area contributed by atoms with Crippen molar-refractivity contribution in [3.63, 3.8) is 0 Å². The molecule has 24 heavy (non-hydrogen) atoms. The van der Waals surface area contributed by atoms with Crippen molar-refractivity contribution in [3.8, 4) is 35.8 Å². The Labute approximate surface area is 149 Å². The monoisotopic (exact) mass is 466 g/mol. The summed E-state index contributed by atoms with van der Waals surface area (Å²) < 4.78 is 82.7. The summed E-state index contributed by atoms with van der Waals surface area (Å²) in [5, 5.41) is 0. The maximum absolute atomic E-state index is 14.2. The summed E-state index contributed by atoms with van der Waals surface area (Å²) in [4.78, 5) is 0. The first-order chi connectivity index (χ1) is 11.2. The minimum absolute atomic E-state index is 0.804. The molecule has 0 aliphatic rings. The summed E-state index contributed by atoms with van der Waals surface area (Å²) in [7, 11) is 0. The highest BCUT2D eigenvalue weighted by molar-refractivity contribution is 9.11. The van der Waals surface area contributed by atoms with E-state index in [0.717, 1.165) is 0 Å². The van der Waals surface area contributed by atoms with E-state index in [2.05, 4.69) is 31.9 Å². The van der Waals surface area contributed by atoms with Crippen molar-refractivity contribution in [2.24, 2.45) is 0 Å². The van der Waals surface area contributed by atoms with Crippen molar-refractivity contribution in [1.29, 1.82) is 0 Å². The highest BCUT2D eigenvalue weighted by atomic mass is 79.9. The fourth-order valence-electron chi connectivity index (χ4n) is 1.96. The highest BCUT2D eigenvalue weighted by Crippen LogP contribution is 2.43. The molecule has 8 heteroatoms. The lowest BCUT2D eigenvalue weighted by atomic mass is 9.99. The van der Waals surface area contributed by atoms with Gasteiger partial charge in [-0.05, 0) is 31.9 Å². The third kappa shape index (κ3) is 2.51. The van der Waals surface area contributed by atoms with Crippen LogP contribution < -0.4 is 0 Å². The van der Waals surface area contributed by atoms with Crippen LogP contribution in [0.2, 0.25) is 0 Å². The summed E-state index contributed by atoms with van der Waals surface area (Å²) in [5.41, 5.74) is -4.29. The molecule has 0 fully saturated rings. The van der Waals surface area contributed by atoms with E-state index >= 15 is 0 Å². The Kier molecular flexibility index (Phi) is 5.03. The first kappa shape index (κ1) is 18.4. The Morgan fingerprint density at radius 2 is 0.833 bits per heavy atom. The summed E-state index contributed by atoms with van der Waals surface area (Å²) in [6.07, 6.45) is 9.76. The standard InChI is InChI=1S/C16H2Br2F6/c1-3-5-11(19)9(17)7(15(23)13(5)21)8-10(18)12(20)6(4-2)14(22)16(8)24/h1-2H. The van der Waals surface area contributed by atoms with Crippen molar-refractivity contribution < 1.29 is 26.3 Å². The molecule has 0 amide bonds. The second-order valence-corrected chi connectivity index (χ2v) is 5.89. The van der Waals surface area contributed by atoms with Crippen LogP contribution in [0.5, 0.6) is 0 Å². The second-order valence-electron chi connectivity index (χ2n) is 4.30. The molecule has 2 aromatic rings. The smallest absolute Gasteiger partial charge is 0.178 e. The van der Waals surface area contributed by atoms with Crippen molar-refractivity contribution in [2.45, 2.75) is 0 Å². The molecule has 0 nitrogen and oxygen atoms in total. The van der Waals surface area contributed by atoms with Gasteiger partial charge in [-0.3, -0.25) is 0 Å². The highest BCUT2D eigenvalue weighted by Gasteiger charge is 2.31. The molecule has 0 spiro atoms. The molecule has 0 N–H and O–H groups in total. The molecule has 2 rings (SSSR count). The lowest BCUT2D eigenvalue weighted by molar-refractivity contribution is 0.481. The maximum atomic E-state index is 14.2. The Bertz CT molecular complexity index is 829. The number of rotatable bonds is 1. The third-order valence-corrected chi connectivity index (χ3v) is 4.55. The topological polar surface area (TPSA) is 0 Å². The Morgan fingerprint density at radius 1 is 0.542 bits per heavy atom. The van der Waals surface area contributed by atoms with Gasteiger partial charge in [-0.25, -0.2) is 26.3 Å². The van der Waals surface area contributed by atoms with E-state index in [1.165, 1.54) is 0 Å². The lowest BCUT2D eigenvalue weighted by Gasteiger charge is -2.15. The van der Waals surface area contributed by atoms with Crippen LogP contribution in [0.3, 0.4) is 0 Å². The van der Waals surface area contributed by atoms with Crippen molar-refractivity contribution in [2.75, 3.05) is 0 Å². The molecule has 2 aromatic carbocycles. The average Bonchev–Trinajstić information content (AvgIpc) is 2.55. The molecular formula is C16H2Br2F6. The molecule has 0 unspecified atom stereocenters. The Morgan fingerprint density at radius 3 is 1.08 bits per heavy atom. The minimum Gasteiger partial charge on any atom is -0.204 e. The van der Waals surface area contributed by atoms with Crippen molar-refractivity contribution in [1.82, 2.24) is 0 Å². The molecule has 0 aliphatic carbocycles. The van der Waals surface area contributed by atoms with E-state index in [1.807, 2.05) is 0 Å². The first-order valence-corrected chi connectivity index (χ1v) is 7.43. The summed E-state index contributed by atoms with van der Waals surface area (Å²) >= 11 is 5.19. The van der Waals surface area contributed by atoms with Gasteiger partial charge in [0.05, 0.1) is 20.1 Å². The van der Waals surface area contributed by atoms with Crippen LogP contribution in [0.4, 0.5) is 26.3 Å². The largest absolute Gasteiger partial charge is 0.204 e. The predicted octanol–water partition coefficient (Wildman–Crippen LogP) is 5.68. The zero-order chi connectivity index (χ0) is 18.3. The van der Waals surface area contributed by atoms with Crippen LogP contribution in [0.25, 0.3) is 11.1 Å². The number of benzene rings is 2. The molecular weight excluding hydrogens is 466 g/mol. The summed E-state index contributed by atoms with van der Waals surface area (Å²) in [6.45, 7) is 0. The van der Waals surface area contributed by atoms with Gasteiger partial charge in [0.15, 0.2) is 34.9 Å². The van der Waals surface area contributed by atoms with Gasteiger partial charge < -0.3 is 0 Å². The molecule has 0 bridgehead atoms. The van der Waals surface area contributed by atoms with Gasteiger partial charge in [0.1, 0.15) is 0 Å². The van der Waals surface area contributed by atoms with Crippen LogP contribution in [-0.4, -0.2) is 0 Å². The maximum Gasteiger partial charge on any atom is 0.178 e. The van der Waals surface area contributed by atoms with Crippen LogP contribution in [-0.2, 0) is 0 Å². The molecule has 0 saturated carbocycles. The van der Waals surface area contributed by atoms with Gasteiger partial charge in [0, 0.05) is 11.1 Å². The van der Waals surface area contributed by atoms with E-state index in [9.17, 15) is 26.3 Å². The van der Waals surface area contributed by atoms with Crippen LogP contribution >= 0.6 is 31.9 Å². The number of hydrogen-bond donors (Lipinski definition) is 0. The SMILES string of the molecule is C#Cc1c(F)c(F)c(-c2c(F)c(F)c(C#C)c(F)c2Br)c(Br)c1F. The van der Waals surface area contributed by atoms with Gasteiger partial charge in [-0.2, -0.15) is 0 Å². The van der Waals surface area contributed by atoms with Gasteiger partial charge in [-0.1, -0.05) is 11.8 Å². The second kappa shape index (κ2) is 6.54. The lowest BCUT2D eigenvalue weighted by Crippen LogP contribution is -2.06.